The van der Waals surface area contributed by atoms with Crippen molar-refractivity contribution in [1.82, 2.24) is 34.1 Å². The first-order valence-electron chi connectivity index (χ1n) is 8.89. The molecule has 0 aromatic carbocycles. The van der Waals surface area contributed by atoms with Crippen molar-refractivity contribution in [2.75, 3.05) is 0 Å². The molecule has 0 saturated carbocycles. The van der Waals surface area contributed by atoms with E-state index in [1.807, 2.05) is 6.92 Å². The number of ether oxygens (including phenoxy) is 1. The number of primary amides is 1. The lowest BCUT2D eigenvalue weighted by Crippen LogP contribution is -2.18. The highest BCUT2D eigenvalue weighted by molar-refractivity contribution is 5.67. The first kappa shape index (κ1) is 18.5. The van der Waals surface area contributed by atoms with Crippen LogP contribution in [0.1, 0.15) is 24.6 Å². The van der Waals surface area contributed by atoms with E-state index in [4.69, 9.17) is 10.5 Å². The predicted molar refractivity (Wildman–Crippen MR) is 99.5 cm³/mol. The molecule has 4 aromatic rings. The van der Waals surface area contributed by atoms with Crippen molar-refractivity contribution in [1.29, 1.82) is 0 Å². The van der Waals surface area contributed by atoms with E-state index in [9.17, 15) is 9.18 Å². The SMILES string of the molecule is CCCc1c(Cn2ccnc2-c2ncccc2F)ncn2c(OC(N)=O)nnc12. The van der Waals surface area contributed by atoms with Crippen LogP contribution in [0.15, 0.2) is 37.1 Å². The van der Waals surface area contributed by atoms with E-state index in [1.165, 1.54) is 29.1 Å². The fraction of sp³-hybridized carbons (Fsp3) is 0.222. The molecule has 1 amide bonds. The maximum Gasteiger partial charge on any atom is 0.412 e. The summed E-state index contributed by atoms with van der Waals surface area (Å²) in [5.41, 5.74) is 7.29. The van der Waals surface area contributed by atoms with E-state index in [1.54, 1.807) is 17.0 Å². The molecular weight excluding hydrogens is 379 g/mol. The lowest BCUT2D eigenvalue weighted by Gasteiger charge is -2.12. The van der Waals surface area contributed by atoms with Crippen LogP contribution in [-0.2, 0) is 13.0 Å². The predicted octanol–water partition coefficient (Wildman–Crippen LogP) is 1.98. The molecule has 0 aliphatic rings. The van der Waals surface area contributed by atoms with Crippen molar-refractivity contribution in [3.63, 3.8) is 0 Å². The van der Waals surface area contributed by atoms with Crippen LogP contribution in [0.5, 0.6) is 6.01 Å². The number of fused-ring (bicyclic) bond motifs is 1. The number of hydrogen-bond acceptors (Lipinski definition) is 7. The number of imidazole rings is 1. The molecule has 0 aliphatic carbocycles. The number of hydrogen-bond donors (Lipinski definition) is 1. The molecule has 0 bridgehead atoms. The Balaban J connectivity index is 1.76. The topological polar surface area (TPSA) is 126 Å². The van der Waals surface area contributed by atoms with Gasteiger partial charge in [0.25, 0.3) is 0 Å². The molecule has 0 atom stereocenters. The van der Waals surface area contributed by atoms with Crippen LogP contribution in [0, 0.1) is 5.82 Å². The number of aromatic nitrogens is 7. The maximum atomic E-state index is 14.2. The highest BCUT2D eigenvalue weighted by Gasteiger charge is 2.19. The van der Waals surface area contributed by atoms with Crippen LogP contribution < -0.4 is 10.5 Å². The van der Waals surface area contributed by atoms with Crippen LogP contribution in [0.4, 0.5) is 9.18 Å². The van der Waals surface area contributed by atoms with E-state index >= 15 is 0 Å². The number of aryl methyl sites for hydroxylation is 1. The first-order chi connectivity index (χ1) is 14.1. The normalized spacial score (nSPS) is 11.1. The molecular formula is C18H17FN8O2. The van der Waals surface area contributed by atoms with Gasteiger partial charge in [-0.05, 0) is 18.6 Å². The van der Waals surface area contributed by atoms with Gasteiger partial charge in [0.05, 0.1) is 12.2 Å². The summed E-state index contributed by atoms with van der Waals surface area (Å²) < 4.78 is 22.3. The first-order valence-corrected chi connectivity index (χ1v) is 8.89. The summed E-state index contributed by atoms with van der Waals surface area (Å²) in [6.45, 7) is 2.35. The van der Waals surface area contributed by atoms with Gasteiger partial charge < -0.3 is 15.0 Å². The summed E-state index contributed by atoms with van der Waals surface area (Å²) in [4.78, 5) is 23.9. The van der Waals surface area contributed by atoms with Crippen LogP contribution >= 0.6 is 0 Å². The highest BCUT2D eigenvalue weighted by atomic mass is 19.1. The molecule has 29 heavy (non-hydrogen) atoms. The average molecular weight is 396 g/mol. The summed E-state index contributed by atoms with van der Waals surface area (Å²) in [6.07, 6.45) is 6.80. The summed E-state index contributed by atoms with van der Waals surface area (Å²) in [7, 11) is 0. The number of carbonyl (C=O) groups excluding carboxylic acids is 1. The molecule has 4 rings (SSSR count). The van der Waals surface area contributed by atoms with Gasteiger partial charge in [-0.2, -0.15) is 0 Å². The van der Waals surface area contributed by atoms with Gasteiger partial charge >= 0.3 is 12.1 Å². The Bertz CT molecular complexity index is 1190. The van der Waals surface area contributed by atoms with Gasteiger partial charge in [-0.25, -0.2) is 28.5 Å². The van der Waals surface area contributed by atoms with Crippen molar-refractivity contribution >= 4 is 11.7 Å². The zero-order chi connectivity index (χ0) is 20.4. The average Bonchev–Trinajstić information content (AvgIpc) is 3.31. The number of carbonyl (C=O) groups is 1. The Kier molecular flexibility index (Phi) is 4.85. The highest BCUT2D eigenvalue weighted by Crippen LogP contribution is 2.23. The summed E-state index contributed by atoms with van der Waals surface area (Å²) in [5, 5.41) is 7.98. The Morgan fingerprint density at radius 1 is 1.24 bits per heavy atom. The van der Waals surface area contributed by atoms with Gasteiger partial charge in [0.2, 0.25) is 0 Å². The molecule has 0 saturated heterocycles. The second-order valence-corrected chi connectivity index (χ2v) is 6.23. The summed E-state index contributed by atoms with van der Waals surface area (Å²) in [6, 6.07) is 2.81. The molecule has 4 heterocycles. The summed E-state index contributed by atoms with van der Waals surface area (Å²) in [5.74, 6) is -0.0609. The fourth-order valence-electron chi connectivity index (χ4n) is 3.09. The molecule has 11 heteroatoms. The van der Waals surface area contributed by atoms with E-state index in [0.717, 1.165) is 12.0 Å². The van der Waals surface area contributed by atoms with Crippen LogP contribution in [0.25, 0.3) is 17.2 Å². The minimum atomic E-state index is -0.985. The van der Waals surface area contributed by atoms with Gasteiger partial charge in [-0.3, -0.25) is 0 Å². The molecule has 2 N–H and O–H groups in total. The number of nitrogens with two attached hydrogens (primary N) is 1. The molecule has 0 fully saturated rings. The van der Waals surface area contributed by atoms with E-state index in [-0.39, 0.29) is 11.7 Å². The largest absolute Gasteiger partial charge is 0.412 e. The lowest BCUT2D eigenvalue weighted by atomic mass is 10.1. The van der Waals surface area contributed by atoms with E-state index in [2.05, 4.69) is 25.1 Å². The quantitative estimate of drug-likeness (QED) is 0.528. The third-order valence-corrected chi connectivity index (χ3v) is 4.31. The monoisotopic (exact) mass is 396 g/mol. The van der Waals surface area contributed by atoms with Crippen molar-refractivity contribution < 1.29 is 13.9 Å². The Morgan fingerprint density at radius 2 is 2.10 bits per heavy atom. The fourth-order valence-corrected chi connectivity index (χ4v) is 3.09. The molecule has 10 nitrogen and oxygen atoms in total. The molecule has 4 aromatic heterocycles. The van der Waals surface area contributed by atoms with Crippen molar-refractivity contribution in [3.8, 4) is 17.5 Å². The van der Waals surface area contributed by atoms with Crippen molar-refractivity contribution in [2.24, 2.45) is 5.73 Å². The minimum absolute atomic E-state index is 0.0530. The van der Waals surface area contributed by atoms with Gasteiger partial charge in [-0.15, -0.1) is 5.10 Å². The van der Waals surface area contributed by atoms with Crippen LogP contribution in [-0.4, -0.2) is 40.2 Å². The standard InChI is InChI=1S/C18H17FN8O2/c1-2-4-11-13(23-10-27-15(11)24-25-18(27)29-17(20)28)9-26-8-7-22-16(26)14-12(19)5-3-6-21-14/h3,5-8,10H,2,4,9H2,1H3,(H2,20,28). The molecule has 0 aliphatic heterocycles. The lowest BCUT2D eigenvalue weighted by molar-refractivity contribution is 0.206. The van der Waals surface area contributed by atoms with E-state index < -0.39 is 11.9 Å². The molecule has 0 spiro atoms. The second kappa shape index (κ2) is 7.62. The van der Waals surface area contributed by atoms with Gasteiger partial charge in [0, 0.05) is 24.2 Å². The van der Waals surface area contributed by atoms with Gasteiger partial charge in [0.1, 0.15) is 12.0 Å². The van der Waals surface area contributed by atoms with Gasteiger partial charge in [0.15, 0.2) is 17.3 Å². The van der Waals surface area contributed by atoms with E-state index in [0.29, 0.717) is 30.1 Å². The Hall–Kier alpha value is -3.89. The zero-order valence-electron chi connectivity index (χ0n) is 15.5. The maximum absolute atomic E-state index is 14.2. The third kappa shape index (κ3) is 3.49. The molecule has 148 valence electrons. The number of halogens is 1. The molecule has 0 radical (unpaired) electrons. The number of nitrogens with zero attached hydrogens (tertiary/aromatic N) is 7. The number of pyridine rings is 1. The van der Waals surface area contributed by atoms with Gasteiger partial charge in [-0.1, -0.05) is 18.4 Å². The van der Waals surface area contributed by atoms with Crippen molar-refractivity contribution in [2.45, 2.75) is 26.3 Å². The number of rotatable bonds is 6. The minimum Gasteiger partial charge on any atom is -0.374 e. The van der Waals surface area contributed by atoms with Crippen LogP contribution in [0.3, 0.4) is 0 Å². The molecule has 0 unspecified atom stereocenters. The zero-order valence-corrected chi connectivity index (χ0v) is 15.5. The second-order valence-electron chi connectivity index (χ2n) is 6.23. The van der Waals surface area contributed by atoms with Crippen molar-refractivity contribution in [3.05, 3.63) is 54.1 Å². The third-order valence-electron chi connectivity index (χ3n) is 4.31. The smallest absolute Gasteiger partial charge is 0.374 e. The van der Waals surface area contributed by atoms with Crippen LogP contribution in [0.2, 0.25) is 0 Å². The number of amides is 1. The Morgan fingerprint density at radius 3 is 2.86 bits per heavy atom. The Labute approximate surface area is 164 Å². The summed E-state index contributed by atoms with van der Waals surface area (Å²) >= 11 is 0.